The third-order valence-electron chi connectivity index (χ3n) is 2.28. The summed E-state index contributed by atoms with van der Waals surface area (Å²) in [6, 6.07) is 5.64. The van der Waals surface area contributed by atoms with Gasteiger partial charge in [0.1, 0.15) is 0 Å². The highest BCUT2D eigenvalue weighted by molar-refractivity contribution is 6.22. The number of hydrogen-bond donors (Lipinski definition) is 1. The molecule has 1 N–H and O–H groups in total. The molecule has 3 nitrogen and oxygen atoms in total. The lowest BCUT2D eigenvalue weighted by Gasteiger charge is -2.25. The van der Waals surface area contributed by atoms with E-state index in [1.54, 1.807) is 7.11 Å². The molecule has 0 amide bonds. The van der Waals surface area contributed by atoms with E-state index in [4.69, 9.17) is 27.9 Å². The summed E-state index contributed by atoms with van der Waals surface area (Å²) in [5.41, 5.74) is 0.634. The molecule has 0 radical (unpaired) electrons. The molecule has 0 unspecified atom stereocenters. The van der Waals surface area contributed by atoms with Crippen molar-refractivity contribution in [2.24, 2.45) is 0 Å². The Morgan fingerprint density at radius 3 is 2.62 bits per heavy atom. The van der Waals surface area contributed by atoms with Crippen molar-refractivity contribution in [3.05, 3.63) is 23.9 Å². The Kier molecular flexibility index (Phi) is 5.32. The highest BCUT2D eigenvalue weighted by atomic mass is 35.5. The maximum atomic E-state index is 5.84. The van der Waals surface area contributed by atoms with Crippen molar-refractivity contribution in [1.82, 2.24) is 10.3 Å². The molecular weight excluding hydrogens is 247 g/mol. The summed E-state index contributed by atoms with van der Waals surface area (Å²) >= 11 is 11.7. The van der Waals surface area contributed by atoms with Crippen LogP contribution in [0.25, 0.3) is 0 Å². The second-order valence-corrected chi connectivity index (χ2v) is 4.39. The minimum Gasteiger partial charge on any atom is -0.481 e. The molecule has 90 valence electrons. The van der Waals surface area contributed by atoms with E-state index in [9.17, 15) is 0 Å². The van der Waals surface area contributed by atoms with Gasteiger partial charge in [0.2, 0.25) is 5.88 Å². The summed E-state index contributed by atoms with van der Waals surface area (Å²) in [4.78, 5) is 4.29. The molecule has 1 rings (SSSR count). The van der Waals surface area contributed by atoms with E-state index in [0.717, 1.165) is 5.69 Å². The summed E-state index contributed by atoms with van der Waals surface area (Å²) < 4.78 is 5.05. The van der Waals surface area contributed by atoms with Crippen LogP contribution in [0.3, 0.4) is 0 Å². The first kappa shape index (κ1) is 13.6. The molecule has 0 aliphatic carbocycles. The zero-order chi connectivity index (χ0) is 12.0. The summed E-state index contributed by atoms with van der Waals surface area (Å²) in [7, 11) is 1.60. The van der Waals surface area contributed by atoms with Gasteiger partial charge in [-0.2, -0.15) is 0 Å². The molecule has 0 saturated carbocycles. The number of hydrogen-bond acceptors (Lipinski definition) is 3. The fourth-order valence-corrected chi connectivity index (χ4v) is 1.58. The van der Waals surface area contributed by atoms with Crippen molar-refractivity contribution >= 4 is 23.2 Å². The number of nitrogens with one attached hydrogen (secondary N) is 1. The van der Waals surface area contributed by atoms with Crippen LogP contribution in [0.5, 0.6) is 5.88 Å². The quantitative estimate of drug-likeness (QED) is 0.800. The van der Waals surface area contributed by atoms with Crippen LogP contribution >= 0.6 is 23.2 Å². The van der Waals surface area contributed by atoms with Crippen molar-refractivity contribution < 1.29 is 4.74 Å². The van der Waals surface area contributed by atoms with Crippen LogP contribution in [0.2, 0.25) is 0 Å². The van der Waals surface area contributed by atoms with Crippen LogP contribution < -0.4 is 10.1 Å². The molecule has 1 aromatic rings. The SMILES string of the molecule is COc1cccc(CNC(C)(CCl)CCl)n1. The van der Waals surface area contributed by atoms with Crippen LogP contribution in [0.1, 0.15) is 12.6 Å². The molecule has 0 atom stereocenters. The molecule has 0 fully saturated rings. The predicted octanol–water partition coefficient (Wildman–Crippen LogP) is 2.42. The highest BCUT2D eigenvalue weighted by Crippen LogP contribution is 2.11. The largest absolute Gasteiger partial charge is 0.481 e. The lowest BCUT2D eigenvalue weighted by Crippen LogP contribution is -2.45. The second-order valence-electron chi connectivity index (χ2n) is 3.85. The van der Waals surface area contributed by atoms with E-state index in [2.05, 4.69) is 10.3 Å². The average molecular weight is 263 g/mol. The first-order valence-corrected chi connectivity index (χ1v) is 6.07. The van der Waals surface area contributed by atoms with Gasteiger partial charge >= 0.3 is 0 Å². The van der Waals surface area contributed by atoms with Gasteiger partial charge in [-0.1, -0.05) is 6.07 Å². The third kappa shape index (κ3) is 3.81. The normalized spacial score (nSPS) is 11.5. The van der Waals surface area contributed by atoms with Crippen molar-refractivity contribution in [3.63, 3.8) is 0 Å². The Hall–Kier alpha value is -0.510. The number of methoxy groups -OCH3 is 1. The van der Waals surface area contributed by atoms with E-state index >= 15 is 0 Å². The molecule has 0 aliphatic heterocycles. The minimum atomic E-state index is -0.270. The molecular formula is C11H16Cl2N2O. The predicted molar refractivity (Wildman–Crippen MR) is 67.5 cm³/mol. The lowest BCUT2D eigenvalue weighted by atomic mass is 10.1. The molecule has 16 heavy (non-hydrogen) atoms. The number of alkyl halides is 2. The Morgan fingerprint density at radius 1 is 1.38 bits per heavy atom. The molecule has 1 heterocycles. The Balaban J connectivity index is 2.60. The number of pyridine rings is 1. The number of nitrogens with zero attached hydrogens (tertiary/aromatic N) is 1. The minimum absolute atomic E-state index is 0.270. The monoisotopic (exact) mass is 262 g/mol. The number of ether oxygens (including phenoxy) is 1. The summed E-state index contributed by atoms with van der Waals surface area (Å²) in [5.74, 6) is 1.53. The Labute approximate surface area is 106 Å². The Morgan fingerprint density at radius 2 is 2.06 bits per heavy atom. The van der Waals surface area contributed by atoms with Crippen LogP contribution in [-0.2, 0) is 6.54 Å². The Bertz CT molecular complexity index is 330. The van der Waals surface area contributed by atoms with Gasteiger partial charge < -0.3 is 10.1 Å². The van der Waals surface area contributed by atoms with E-state index in [0.29, 0.717) is 24.2 Å². The van der Waals surface area contributed by atoms with Crippen LogP contribution in [0.4, 0.5) is 0 Å². The van der Waals surface area contributed by atoms with Gasteiger partial charge in [-0.25, -0.2) is 4.98 Å². The summed E-state index contributed by atoms with van der Waals surface area (Å²) in [5, 5.41) is 3.28. The van der Waals surface area contributed by atoms with E-state index in [-0.39, 0.29) is 5.54 Å². The topological polar surface area (TPSA) is 34.1 Å². The molecule has 5 heteroatoms. The van der Waals surface area contributed by atoms with E-state index < -0.39 is 0 Å². The van der Waals surface area contributed by atoms with Gasteiger partial charge in [-0.3, -0.25) is 0 Å². The molecule has 0 bridgehead atoms. The smallest absolute Gasteiger partial charge is 0.213 e. The molecule has 0 aliphatic rings. The van der Waals surface area contributed by atoms with Crippen molar-refractivity contribution in [2.75, 3.05) is 18.9 Å². The molecule has 0 spiro atoms. The maximum absolute atomic E-state index is 5.84. The van der Waals surface area contributed by atoms with Crippen molar-refractivity contribution in [3.8, 4) is 5.88 Å². The number of halogens is 2. The second kappa shape index (κ2) is 6.28. The molecule has 0 aromatic carbocycles. The van der Waals surface area contributed by atoms with Gasteiger partial charge in [-0.15, -0.1) is 23.2 Å². The van der Waals surface area contributed by atoms with Crippen LogP contribution in [0.15, 0.2) is 18.2 Å². The molecule has 1 aromatic heterocycles. The van der Waals surface area contributed by atoms with Gasteiger partial charge in [0.05, 0.1) is 12.8 Å². The first-order valence-electron chi connectivity index (χ1n) is 5.00. The summed E-state index contributed by atoms with van der Waals surface area (Å²) in [6.07, 6.45) is 0. The lowest BCUT2D eigenvalue weighted by molar-refractivity contribution is 0.391. The van der Waals surface area contributed by atoms with Crippen molar-refractivity contribution in [2.45, 2.75) is 19.0 Å². The molecule has 0 saturated heterocycles. The fourth-order valence-electron chi connectivity index (χ4n) is 1.10. The van der Waals surface area contributed by atoms with Gasteiger partial charge in [0.15, 0.2) is 0 Å². The maximum Gasteiger partial charge on any atom is 0.213 e. The van der Waals surface area contributed by atoms with Crippen LogP contribution in [0, 0.1) is 0 Å². The van der Waals surface area contributed by atoms with Gasteiger partial charge in [0.25, 0.3) is 0 Å². The van der Waals surface area contributed by atoms with Crippen molar-refractivity contribution in [1.29, 1.82) is 0 Å². The fraction of sp³-hybridized carbons (Fsp3) is 0.545. The van der Waals surface area contributed by atoms with Gasteiger partial charge in [-0.05, 0) is 13.0 Å². The average Bonchev–Trinajstić information content (AvgIpc) is 2.36. The summed E-state index contributed by atoms with van der Waals surface area (Å²) in [6.45, 7) is 2.60. The van der Waals surface area contributed by atoms with E-state index in [1.165, 1.54) is 0 Å². The highest BCUT2D eigenvalue weighted by Gasteiger charge is 2.21. The zero-order valence-electron chi connectivity index (χ0n) is 9.46. The van der Waals surface area contributed by atoms with Gasteiger partial charge in [0, 0.05) is 29.9 Å². The first-order chi connectivity index (χ1) is 7.63. The third-order valence-corrected chi connectivity index (χ3v) is 3.46. The van der Waals surface area contributed by atoms with Crippen LogP contribution in [-0.4, -0.2) is 29.4 Å². The van der Waals surface area contributed by atoms with E-state index in [1.807, 2.05) is 25.1 Å². The zero-order valence-corrected chi connectivity index (χ0v) is 11.0. The number of rotatable bonds is 6. The standard InChI is InChI=1S/C11H16Cl2N2O/c1-11(7-12,8-13)14-6-9-4-3-5-10(15-9)16-2/h3-5,14H,6-8H2,1-2H3. The number of aromatic nitrogens is 1.